The Morgan fingerprint density at radius 2 is 1.65 bits per heavy atom. The Kier molecular flexibility index (Phi) is 4.60. The van der Waals surface area contributed by atoms with E-state index in [0.29, 0.717) is 0 Å². The molecule has 1 spiro atoms. The smallest absolute Gasteiger partial charge is 0.410 e. The maximum absolute atomic E-state index is 12.1. The van der Waals surface area contributed by atoms with Gasteiger partial charge in [-0.25, -0.2) is 4.79 Å². The summed E-state index contributed by atoms with van der Waals surface area (Å²) in [6, 6.07) is 2.43. The average Bonchev–Trinajstić information content (AvgIpc) is 2.33. The zero-order valence-electron chi connectivity index (χ0n) is 15.4. The van der Waals surface area contributed by atoms with E-state index in [2.05, 4.69) is 25.7 Å². The van der Waals surface area contributed by atoms with Gasteiger partial charge in [0.05, 0.1) is 6.07 Å². The lowest BCUT2D eigenvalue weighted by molar-refractivity contribution is -0.0729. The first kappa shape index (κ1) is 18.3. The molecule has 130 valence electrons. The van der Waals surface area contributed by atoms with Gasteiger partial charge in [-0.1, -0.05) is 0 Å². The van der Waals surface area contributed by atoms with E-state index in [9.17, 15) is 10.1 Å². The van der Waals surface area contributed by atoms with E-state index in [1.165, 1.54) is 0 Å². The van der Waals surface area contributed by atoms with Crippen LogP contribution < -0.4 is 0 Å². The Bertz CT molecular complexity index is 497. The number of amides is 1. The number of nitrogens with zero attached hydrogens (tertiary/aromatic N) is 2. The Hall–Kier alpha value is -1.06. The number of carbonyl (C=O) groups is 1. The van der Waals surface area contributed by atoms with Crippen LogP contribution >= 0.6 is 0 Å². The quantitative estimate of drug-likeness (QED) is 0.716. The summed E-state index contributed by atoms with van der Waals surface area (Å²) in [5, 5.41) is 9.60. The number of rotatable bonds is 2. The Morgan fingerprint density at radius 1 is 1.13 bits per heavy atom. The van der Waals surface area contributed by atoms with Crippen molar-refractivity contribution in [3.05, 3.63) is 0 Å². The van der Waals surface area contributed by atoms with Gasteiger partial charge < -0.3 is 14.1 Å². The SMILES string of the molecule is CC(C)(C)OC(=O)N1CC2(CCC(C#N)(O[Si](C)(C)C)CC2)C1. The van der Waals surface area contributed by atoms with E-state index in [1.807, 2.05) is 20.8 Å². The van der Waals surface area contributed by atoms with E-state index >= 15 is 0 Å². The average molecular weight is 339 g/mol. The molecule has 1 saturated heterocycles. The van der Waals surface area contributed by atoms with E-state index < -0.39 is 19.5 Å². The molecule has 0 radical (unpaired) electrons. The Morgan fingerprint density at radius 3 is 2.04 bits per heavy atom. The maximum atomic E-state index is 12.1. The second-order valence-corrected chi connectivity index (χ2v) is 13.6. The van der Waals surface area contributed by atoms with Gasteiger partial charge in [0, 0.05) is 18.5 Å². The number of ether oxygens (including phenoxy) is 1. The molecule has 0 aromatic rings. The first-order chi connectivity index (χ1) is 10.4. The van der Waals surface area contributed by atoms with Crippen LogP contribution in [0.3, 0.4) is 0 Å². The third kappa shape index (κ3) is 4.48. The molecule has 1 amide bonds. The van der Waals surface area contributed by atoms with Crippen LogP contribution in [0.4, 0.5) is 4.79 Å². The normalized spacial score (nSPS) is 23.1. The van der Waals surface area contributed by atoms with Crippen LogP contribution in [0, 0.1) is 16.7 Å². The van der Waals surface area contributed by atoms with Crippen molar-refractivity contribution in [2.24, 2.45) is 5.41 Å². The molecule has 0 atom stereocenters. The number of carbonyl (C=O) groups excluding carboxylic acids is 1. The molecule has 23 heavy (non-hydrogen) atoms. The minimum Gasteiger partial charge on any atom is -0.444 e. The zero-order chi connectivity index (χ0) is 17.5. The standard InChI is InChI=1S/C17H30N2O3Si/c1-15(2,3)21-14(20)19-12-16(13-19)7-9-17(11-18,10-8-16)22-23(4,5)6/h7-10,12-13H2,1-6H3. The van der Waals surface area contributed by atoms with Crippen molar-refractivity contribution in [1.29, 1.82) is 5.26 Å². The number of nitriles is 1. The van der Waals surface area contributed by atoms with Crippen molar-refractivity contribution in [3.63, 3.8) is 0 Å². The van der Waals surface area contributed by atoms with Crippen LogP contribution in [0.5, 0.6) is 0 Å². The third-order valence-corrected chi connectivity index (χ3v) is 5.53. The van der Waals surface area contributed by atoms with Crippen LogP contribution in [0.2, 0.25) is 19.6 Å². The second-order valence-electron chi connectivity index (χ2n) is 9.16. The van der Waals surface area contributed by atoms with Gasteiger partial charge in [-0.2, -0.15) is 5.26 Å². The van der Waals surface area contributed by atoms with Crippen LogP contribution in [0.15, 0.2) is 0 Å². The number of likely N-dealkylation sites (tertiary alicyclic amines) is 1. The maximum Gasteiger partial charge on any atom is 0.410 e. The molecule has 0 unspecified atom stereocenters. The summed E-state index contributed by atoms with van der Waals surface area (Å²) in [7, 11) is -1.74. The van der Waals surface area contributed by atoms with Crippen molar-refractivity contribution in [1.82, 2.24) is 4.90 Å². The van der Waals surface area contributed by atoms with Crippen molar-refractivity contribution in [3.8, 4) is 6.07 Å². The predicted octanol–water partition coefficient (Wildman–Crippen LogP) is 3.91. The van der Waals surface area contributed by atoms with Gasteiger partial charge in [0.15, 0.2) is 8.32 Å². The fourth-order valence-electron chi connectivity index (χ4n) is 3.54. The first-order valence-electron chi connectivity index (χ1n) is 8.47. The summed E-state index contributed by atoms with van der Waals surface area (Å²) in [5.41, 5.74) is -0.893. The van der Waals surface area contributed by atoms with Gasteiger partial charge in [0.1, 0.15) is 11.2 Å². The largest absolute Gasteiger partial charge is 0.444 e. The molecule has 0 N–H and O–H groups in total. The molecular weight excluding hydrogens is 308 g/mol. The van der Waals surface area contributed by atoms with Crippen molar-refractivity contribution in [2.75, 3.05) is 13.1 Å². The molecule has 6 heteroatoms. The molecule has 2 rings (SSSR count). The molecule has 5 nitrogen and oxygen atoms in total. The van der Waals surface area contributed by atoms with Crippen molar-refractivity contribution >= 4 is 14.4 Å². The fraction of sp³-hybridized carbons (Fsp3) is 0.882. The molecule has 2 fully saturated rings. The highest BCUT2D eigenvalue weighted by Crippen LogP contribution is 2.48. The molecular formula is C17H30N2O3Si. The summed E-state index contributed by atoms with van der Waals surface area (Å²) in [5.74, 6) is 0. The lowest BCUT2D eigenvalue weighted by atomic mass is 9.65. The summed E-state index contributed by atoms with van der Waals surface area (Å²) >= 11 is 0. The summed E-state index contributed by atoms with van der Waals surface area (Å²) < 4.78 is 11.6. The molecule has 2 aliphatic rings. The molecule has 0 aromatic heterocycles. The lowest BCUT2D eigenvalue weighted by Crippen LogP contribution is -2.62. The van der Waals surface area contributed by atoms with E-state index in [1.54, 1.807) is 4.90 Å². The minimum atomic E-state index is -1.74. The van der Waals surface area contributed by atoms with Gasteiger partial charge in [0.25, 0.3) is 0 Å². The van der Waals surface area contributed by atoms with E-state index in [4.69, 9.17) is 9.16 Å². The van der Waals surface area contributed by atoms with Gasteiger partial charge in [-0.05, 0) is 66.1 Å². The topological polar surface area (TPSA) is 62.6 Å². The predicted molar refractivity (Wildman–Crippen MR) is 91.5 cm³/mol. The third-order valence-electron chi connectivity index (χ3n) is 4.53. The minimum absolute atomic E-state index is 0.167. The van der Waals surface area contributed by atoms with Crippen molar-refractivity contribution in [2.45, 2.75) is 77.3 Å². The molecule has 0 bridgehead atoms. The Balaban J connectivity index is 1.89. The highest BCUT2D eigenvalue weighted by molar-refractivity contribution is 6.69. The van der Waals surface area contributed by atoms with Crippen molar-refractivity contribution < 1.29 is 14.0 Å². The van der Waals surface area contributed by atoms with Gasteiger partial charge in [0.2, 0.25) is 0 Å². The fourth-order valence-corrected chi connectivity index (χ4v) is 4.96. The van der Waals surface area contributed by atoms with Gasteiger partial charge >= 0.3 is 6.09 Å². The van der Waals surface area contributed by atoms with E-state index in [0.717, 1.165) is 38.8 Å². The first-order valence-corrected chi connectivity index (χ1v) is 11.9. The summed E-state index contributed by atoms with van der Waals surface area (Å²) in [6.07, 6.45) is 3.22. The zero-order valence-corrected chi connectivity index (χ0v) is 16.4. The molecule has 1 heterocycles. The van der Waals surface area contributed by atoms with Crippen LogP contribution in [-0.4, -0.2) is 43.6 Å². The highest BCUT2D eigenvalue weighted by Gasteiger charge is 2.52. The monoisotopic (exact) mass is 338 g/mol. The summed E-state index contributed by atoms with van der Waals surface area (Å²) in [6.45, 7) is 13.5. The summed E-state index contributed by atoms with van der Waals surface area (Å²) in [4.78, 5) is 13.9. The number of hydrogen-bond donors (Lipinski definition) is 0. The van der Waals surface area contributed by atoms with Crippen LogP contribution in [0.1, 0.15) is 46.5 Å². The Labute approximate surface area is 141 Å². The molecule has 1 aliphatic carbocycles. The van der Waals surface area contributed by atoms with E-state index in [-0.39, 0.29) is 11.5 Å². The molecule has 1 aliphatic heterocycles. The highest BCUT2D eigenvalue weighted by atomic mass is 28.4. The number of hydrogen-bond acceptors (Lipinski definition) is 4. The molecule has 0 aromatic carbocycles. The van der Waals surface area contributed by atoms with Crippen LogP contribution in [-0.2, 0) is 9.16 Å². The van der Waals surface area contributed by atoms with Crippen LogP contribution in [0.25, 0.3) is 0 Å². The second kappa shape index (κ2) is 5.78. The van der Waals surface area contributed by atoms with Gasteiger partial charge in [-0.15, -0.1) is 0 Å². The van der Waals surface area contributed by atoms with Gasteiger partial charge in [-0.3, -0.25) is 0 Å². The lowest BCUT2D eigenvalue weighted by Gasteiger charge is -2.54. The molecule has 1 saturated carbocycles.